The quantitative estimate of drug-likeness (QED) is 0.944. The van der Waals surface area contributed by atoms with Gasteiger partial charge in [-0.3, -0.25) is 4.79 Å². The van der Waals surface area contributed by atoms with Crippen LogP contribution in [-0.2, 0) is 0 Å². The van der Waals surface area contributed by atoms with E-state index < -0.39 is 5.97 Å². The maximum atomic E-state index is 12.5. The lowest BCUT2D eigenvalue weighted by Crippen LogP contribution is -2.29. The predicted molar refractivity (Wildman–Crippen MR) is 78.6 cm³/mol. The zero-order valence-electron chi connectivity index (χ0n) is 10.6. The van der Waals surface area contributed by atoms with E-state index in [0.717, 1.165) is 30.7 Å². The summed E-state index contributed by atoms with van der Waals surface area (Å²) in [6, 6.07) is 5.29. The van der Waals surface area contributed by atoms with Crippen molar-refractivity contribution >= 4 is 34.6 Å². The van der Waals surface area contributed by atoms with Gasteiger partial charge in [0, 0.05) is 6.54 Å². The van der Waals surface area contributed by atoms with Crippen LogP contribution < -0.4 is 0 Å². The molecule has 1 saturated heterocycles. The Labute approximate surface area is 124 Å². The van der Waals surface area contributed by atoms with Crippen LogP contribution >= 0.6 is 22.7 Å². The van der Waals surface area contributed by atoms with Crippen molar-refractivity contribution in [2.75, 3.05) is 6.54 Å². The van der Waals surface area contributed by atoms with E-state index >= 15 is 0 Å². The summed E-state index contributed by atoms with van der Waals surface area (Å²) in [7, 11) is 0. The van der Waals surface area contributed by atoms with Crippen molar-refractivity contribution in [3.05, 3.63) is 44.3 Å². The van der Waals surface area contributed by atoms with Gasteiger partial charge in [-0.1, -0.05) is 0 Å². The van der Waals surface area contributed by atoms with Gasteiger partial charge >= 0.3 is 5.97 Å². The molecule has 0 aromatic carbocycles. The van der Waals surface area contributed by atoms with E-state index in [4.69, 9.17) is 5.11 Å². The van der Waals surface area contributed by atoms with Gasteiger partial charge in [0.1, 0.15) is 4.88 Å². The zero-order valence-corrected chi connectivity index (χ0v) is 12.2. The first-order chi connectivity index (χ1) is 9.66. The lowest BCUT2D eigenvalue weighted by molar-refractivity contribution is 0.0701. The molecule has 1 atom stereocenters. The highest BCUT2D eigenvalue weighted by Gasteiger charge is 2.31. The fourth-order valence-electron chi connectivity index (χ4n) is 2.53. The SMILES string of the molecule is O=C(O)c1ccc(C(=O)N2CCC[C@@H]2c2ccsc2)s1. The molecule has 1 amide bonds. The van der Waals surface area contributed by atoms with Crippen molar-refractivity contribution in [2.24, 2.45) is 0 Å². The number of hydrogen-bond donors (Lipinski definition) is 1. The highest BCUT2D eigenvalue weighted by molar-refractivity contribution is 7.15. The molecule has 1 fully saturated rings. The van der Waals surface area contributed by atoms with Crippen LogP contribution in [0.2, 0.25) is 0 Å². The maximum Gasteiger partial charge on any atom is 0.345 e. The minimum atomic E-state index is -0.982. The molecule has 3 heterocycles. The fourth-order valence-corrected chi connectivity index (χ4v) is 4.04. The second-order valence-corrected chi connectivity index (χ2v) is 6.55. The maximum absolute atomic E-state index is 12.5. The second-order valence-electron chi connectivity index (χ2n) is 4.68. The van der Waals surface area contributed by atoms with Crippen LogP contribution in [0.5, 0.6) is 0 Å². The van der Waals surface area contributed by atoms with Gasteiger partial charge in [-0.15, -0.1) is 11.3 Å². The van der Waals surface area contributed by atoms with Crippen LogP contribution in [0, 0.1) is 0 Å². The van der Waals surface area contributed by atoms with Gasteiger partial charge in [0.25, 0.3) is 5.91 Å². The van der Waals surface area contributed by atoms with Crippen molar-refractivity contribution < 1.29 is 14.7 Å². The summed E-state index contributed by atoms with van der Waals surface area (Å²) in [6.07, 6.45) is 1.96. The number of amides is 1. The molecule has 0 radical (unpaired) electrons. The summed E-state index contributed by atoms with van der Waals surface area (Å²) >= 11 is 2.68. The van der Waals surface area contributed by atoms with Crippen molar-refractivity contribution in [2.45, 2.75) is 18.9 Å². The highest BCUT2D eigenvalue weighted by Crippen LogP contribution is 2.35. The highest BCUT2D eigenvalue weighted by atomic mass is 32.1. The number of nitrogens with zero attached hydrogens (tertiary/aromatic N) is 1. The second kappa shape index (κ2) is 5.38. The molecule has 1 aliphatic heterocycles. The summed E-state index contributed by atoms with van der Waals surface area (Å²) in [5, 5.41) is 13.0. The molecule has 104 valence electrons. The summed E-state index contributed by atoms with van der Waals surface area (Å²) in [6.45, 7) is 0.736. The summed E-state index contributed by atoms with van der Waals surface area (Å²) in [4.78, 5) is 26.0. The Morgan fingerprint density at radius 2 is 2.05 bits per heavy atom. The van der Waals surface area contributed by atoms with Crippen LogP contribution in [0.15, 0.2) is 29.0 Å². The predicted octanol–water partition coefficient (Wildman–Crippen LogP) is 3.49. The van der Waals surface area contributed by atoms with Crippen LogP contribution in [0.4, 0.5) is 0 Å². The molecule has 0 spiro atoms. The van der Waals surface area contributed by atoms with Gasteiger partial charge in [0.05, 0.1) is 10.9 Å². The lowest BCUT2D eigenvalue weighted by atomic mass is 10.1. The zero-order chi connectivity index (χ0) is 14.1. The third kappa shape index (κ3) is 2.36. The van der Waals surface area contributed by atoms with E-state index in [9.17, 15) is 9.59 Å². The van der Waals surface area contributed by atoms with Crippen LogP contribution in [-0.4, -0.2) is 28.4 Å². The molecule has 6 heteroatoms. The van der Waals surface area contributed by atoms with Gasteiger partial charge < -0.3 is 10.0 Å². The average molecular weight is 307 g/mol. The van der Waals surface area contributed by atoms with Crippen LogP contribution in [0.25, 0.3) is 0 Å². The molecule has 2 aromatic heterocycles. The first-order valence-corrected chi connectivity index (χ1v) is 8.09. The molecule has 0 aliphatic carbocycles. The van der Waals surface area contributed by atoms with Gasteiger partial charge in [-0.2, -0.15) is 11.3 Å². The number of aromatic carboxylic acids is 1. The van der Waals surface area contributed by atoms with Crippen LogP contribution in [0.1, 0.15) is 43.8 Å². The van der Waals surface area contributed by atoms with Gasteiger partial charge in [0.2, 0.25) is 0 Å². The minimum Gasteiger partial charge on any atom is -0.477 e. The smallest absolute Gasteiger partial charge is 0.345 e. The Morgan fingerprint density at radius 1 is 1.25 bits per heavy atom. The lowest BCUT2D eigenvalue weighted by Gasteiger charge is -2.23. The summed E-state index contributed by atoms with van der Waals surface area (Å²) < 4.78 is 0. The number of likely N-dealkylation sites (tertiary alicyclic amines) is 1. The molecule has 1 aliphatic rings. The molecule has 0 bridgehead atoms. The van der Waals surface area contributed by atoms with E-state index in [1.165, 1.54) is 11.6 Å². The van der Waals surface area contributed by atoms with E-state index in [-0.39, 0.29) is 16.8 Å². The molecular weight excluding hydrogens is 294 g/mol. The van der Waals surface area contributed by atoms with E-state index in [1.54, 1.807) is 17.4 Å². The monoisotopic (exact) mass is 307 g/mol. The van der Waals surface area contributed by atoms with E-state index in [0.29, 0.717) is 4.88 Å². The third-order valence-corrected chi connectivity index (χ3v) is 5.23. The number of carboxylic acids is 1. The minimum absolute atomic E-state index is 0.0591. The van der Waals surface area contributed by atoms with Crippen LogP contribution in [0.3, 0.4) is 0 Å². The largest absolute Gasteiger partial charge is 0.477 e. The Morgan fingerprint density at radius 3 is 2.70 bits per heavy atom. The Bertz CT molecular complexity index is 633. The molecule has 20 heavy (non-hydrogen) atoms. The van der Waals surface area contributed by atoms with Crippen molar-refractivity contribution in [3.8, 4) is 0 Å². The van der Waals surface area contributed by atoms with Gasteiger partial charge in [-0.05, 0) is 47.4 Å². The normalized spacial score (nSPS) is 18.4. The average Bonchev–Trinajstić information content (AvgIpc) is 3.17. The molecule has 0 saturated carbocycles. The van der Waals surface area contributed by atoms with Crippen molar-refractivity contribution in [3.63, 3.8) is 0 Å². The van der Waals surface area contributed by atoms with Crippen molar-refractivity contribution in [1.29, 1.82) is 0 Å². The topological polar surface area (TPSA) is 57.6 Å². The Hall–Kier alpha value is -1.66. The van der Waals surface area contributed by atoms with E-state index in [1.807, 2.05) is 10.3 Å². The third-order valence-electron chi connectivity index (χ3n) is 3.47. The van der Waals surface area contributed by atoms with Gasteiger partial charge in [0.15, 0.2) is 0 Å². The first kappa shape index (κ1) is 13.3. The molecule has 2 aromatic rings. The van der Waals surface area contributed by atoms with E-state index in [2.05, 4.69) is 11.4 Å². The number of thiophene rings is 2. The molecule has 0 unspecified atom stereocenters. The number of rotatable bonds is 3. The molecular formula is C14H13NO3S2. The van der Waals surface area contributed by atoms with Gasteiger partial charge in [-0.25, -0.2) is 4.79 Å². The van der Waals surface area contributed by atoms with Crippen molar-refractivity contribution in [1.82, 2.24) is 4.90 Å². The Balaban J connectivity index is 1.83. The Kier molecular flexibility index (Phi) is 3.58. The molecule has 3 rings (SSSR count). The standard InChI is InChI=1S/C14H13NO3S2/c16-13(11-3-4-12(20-11)14(17)18)15-6-1-2-10(15)9-5-7-19-8-9/h3-5,7-8,10H,1-2,6H2,(H,17,18)/t10-/m1/s1. The number of carboxylic acid groups (broad SMARTS) is 1. The summed E-state index contributed by atoms with van der Waals surface area (Å²) in [5.74, 6) is -1.04. The molecule has 4 nitrogen and oxygen atoms in total. The number of carbonyl (C=O) groups excluding carboxylic acids is 1. The molecule has 1 N–H and O–H groups in total. The number of carbonyl (C=O) groups is 2. The first-order valence-electron chi connectivity index (χ1n) is 6.33. The summed E-state index contributed by atoms with van der Waals surface area (Å²) in [5.41, 5.74) is 1.18. The number of hydrogen-bond acceptors (Lipinski definition) is 4. The fraction of sp³-hybridized carbons (Fsp3) is 0.286.